The maximum Gasteiger partial charge on any atom is 4.00 e. The molecule has 0 atom stereocenters. The molecule has 2 rings (SSSR count). The Morgan fingerprint density at radius 1 is 0.464 bits per heavy atom. The van der Waals surface area contributed by atoms with Gasteiger partial charge in [-0.3, -0.25) is 0 Å². The van der Waals surface area contributed by atoms with Crippen LogP contribution < -0.4 is 15.3 Å². The molecule has 0 fully saturated rings. The van der Waals surface area contributed by atoms with E-state index in [1.54, 1.807) is 0 Å². The van der Waals surface area contributed by atoms with Crippen molar-refractivity contribution in [2.45, 2.75) is 69.2 Å². The first-order valence-corrected chi connectivity index (χ1v) is 9.30. The fourth-order valence-electron chi connectivity index (χ4n) is 4.26. The molecule has 0 saturated heterocycles. The molecule has 0 saturated carbocycles. The second kappa shape index (κ2) is 13.1. The molecule has 158 valence electrons. The number of hydrogen-bond acceptors (Lipinski definition) is 3. The van der Waals surface area contributed by atoms with Gasteiger partial charge in [0, 0.05) is 0 Å². The summed E-state index contributed by atoms with van der Waals surface area (Å²) in [6.07, 6.45) is 2.61. The number of allylic oxidation sites excluding steroid dienone is 8. The van der Waals surface area contributed by atoms with E-state index in [4.69, 9.17) is 15.3 Å². The van der Waals surface area contributed by atoms with Crippen molar-refractivity contribution >= 4 is 0 Å². The molecule has 0 spiro atoms. The van der Waals surface area contributed by atoms with Crippen molar-refractivity contribution in [3.05, 3.63) is 51.0 Å². The van der Waals surface area contributed by atoms with Crippen molar-refractivity contribution in [3.8, 4) is 0 Å². The van der Waals surface area contributed by atoms with Gasteiger partial charge in [0.1, 0.15) is 0 Å². The average Bonchev–Trinajstić information content (AvgIpc) is 2.93. The SMILES string of the molecule is CC1=C(C)C(C)([CH-]C2(C)C(C)=C(C)C(C)=C2C)C(C)=C1C.C[O-].C[O-].C[O-].[Zr+4]. The summed E-state index contributed by atoms with van der Waals surface area (Å²) in [5.41, 5.74) is 12.1. The zero-order valence-electron chi connectivity index (χ0n) is 20.3. The minimum atomic E-state index is 0. The first kappa shape index (κ1) is 32.4. The fraction of sp³-hybridized carbons (Fsp3) is 0.625. The van der Waals surface area contributed by atoms with Crippen molar-refractivity contribution in [2.24, 2.45) is 10.8 Å². The molecule has 0 unspecified atom stereocenters. The Kier molecular flexibility index (Phi) is 15.2. The predicted molar refractivity (Wildman–Crippen MR) is 112 cm³/mol. The van der Waals surface area contributed by atoms with Crippen LogP contribution in [-0.2, 0) is 26.2 Å². The molecule has 2 aliphatic rings. The van der Waals surface area contributed by atoms with Crippen LogP contribution in [0.1, 0.15) is 69.2 Å². The van der Waals surface area contributed by atoms with Crippen molar-refractivity contribution in [1.82, 2.24) is 0 Å². The minimum Gasteiger partial charge on any atom is -0.857 e. The van der Waals surface area contributed by atoms with Crippen molar-refractivity contribution in [1.29, 1.82) is 0 Å². The Balaban J connectivity index is -0.000000815. The fourth-order valence-corrected chi connectivity index (χ4v) is 4.26. The van der Waals surface area contributed by atoms with Gasteiger partial charge < -0.3 is 21.7 Å². The van der Waals surface area contributed by atoms with E-state index in [0.717, 1.165) is 21.3 Å². The Hall–Kier alpha value is -0.277. The van der Waals surface area contributed by atoms with Crippen LogP contribution in [0.5, 0.6) is 0 Å². The zero-order valence-corrected chi connectivity index (χ0v) is 22.8. The van der Waals surface area contributed by atoms with Crippen LogP contribution in [0.4, 0.5) is 0 Å². The smallest absolute Gasteiger partial charge is 0.857 e. The first-order valence-electron chi connectivity index (χ1n) is 9.30. The van der Waals surface area contributed by atoms with Gasteiger partial charge in [0.2, 0.25) is 0 Å². The summed E-state index contributed by atoms with van der Waals surface area (Å²) in [7, 11) is 2.25. The Morgan fingerprint density at radius 2 is 0.607 bits per heavy atom. The van der Waals surface area contributed by atoms with E-state index in [9.17, 15) is 0 Å². The summed E-state index contributed by atoms with van der Waals surface area (Å²) in [6.45, 7) is 23.1. The molecule has 28 heavy (non-hydrogen) atoms. The molecular weight excluding hydrogens is 427 g/mol. The molecular formula is C24H40O3Zr. The first-order chi connectivity index (χ1) is 12.5. The van der Waals surface area contributed by atoms with Crippen LogP contribution >= 0.6 is 0 Å². The standard InChI is InChI=1S/C21H31.3CH3O.Zr/c1-12-13(2)17(6)20(9,16(12)5)11-21(10)18(7)14(3)15(4)19(21)8;3*1-2;/h11H,1-10H3;3*1H3;/q4*-1;+4. The Bertz CT molecular complexity index is 545. The van der Waals surface area contributed by atoms with E-state index in [1.165, 1.54) is 44.6 Å². The van der Waals surface area contributed by atoms with Gasteiger partial charge in [-0.15, -0.1) is 10.8 Å². The topological polar surface area (TPSA) is 69.2 Å². The molecule has 3 nitrogen and oxygen atoms in total. The van der Waals surface area contributed by atoms with Crippen LogP contribution in [-0.4, -0.2) is 21.3 Å². The second-order valence-corrected chi connectivity index (χ2v) is 7.55. The van der Waals surface area contributed by atoms with Gasteiger partial charge >= 0.3 is 26.2 Å². The van der Waals surface area contributed by atoms with Gasteiger partial charge in [-0.05, 0) is 55.4 Å². The molecule has 0 radical (unpaired) electrons. The van der Waals surface area contributed by atoms with Gasteiger partial charge in [0.25, 0.3) is 0 Å². The predicted octanol–water partition coefficient (Wildman–Crippen LogP) is 3.50. The molecule has 0 amide bonds. The Morgan fingerprint density at radius 3 is 0.750 bits per heavy atom. The monoisotopic (exact) mass is 466 g/mol. The summed E-state index contributed by atoms with van der Waals surface area (Å²) < 4.78 is 0. The largest absolute Gasteiger partial charge is 4.00 e. The summed E-state index contributed by atoms with van der Waals surface area (Å²) in [6, 6.07) is 0. The van der Waals surface area contributed by atoms with Crippen molar-refractivity contribution in [3.63, 3.8) is 0 Å². The van der Waals surface area contributed by atoms with E-state index in [1.807, 2.05) is 0 Å². The average molecular weight is 468 g/mol. The molecule has 0 heterocycles. The van der Waals surface area contributed by atoms with Gasteiger partial charge in [0.05, 0.1) is 0 Å². The molecule has 0 aromatic carbocycles. The summed E-state index contributed by atoms with van der Waals surface area (Å²) in [5, 5.41) is 24.8. The second-order valence-electron chi connectivity index (χ2n) is 7.55. The van der Waals surface area contributed by atoms with E-state index in [0.29, 0.717) is 0 Å². The molecule has 0 aromatic heterocycles. The molecule has 0 aromatic rings. The number of hydrogen-bond donors (Lipinski definition) is 0. The number of rotatable bonds is 2. The van der Waals surface area contributed by atoms with Crippen LogP contribution in [0.15, 0.2) is 44.6 Å². The van der Waals surface area contributed by atoms with E-state index in [2.05, 4.69) is 75.7 Å². The van der Waals surface area contributed by atoms with Gasteiger partial charge in [-0.2, -0.15) is 21.3 Å². The molecule has 2 aliphatic carbocycles. The quantitative estimate of drug-likeness (QED) is 0.584. The van der Waals surface area contributed by atoms with Gasteiger partial charge in [-0.1, -0.05) is 58.4 Å². The zero-order chi connectivity index (χ0) is 22.3. The van der Waals surface area contributed by atoms with E-state index < -0.39 is 0 Å². The van der Waals surface area contributed by atoms with Gasteiger partial charge in [-0.25, -0.2) is 0 Å². The third kappa shape index (κ3) is 5.45. The molecule has 4 heteroatoms. The molecule has 0 bridgehead atoms. The summed E-state index contributed by atoms with van der Waals surface area (Å²) in [5.74, 6) is 0. The van der Waals surface area contributed by atoms with Crippen LogP contribution in [0, 0.1) is 17.3 Å². The van der Waals surface area contributed by atoms with Crippen molar-refractivity contribution in [2.75, 3.05) is 21.3 Å². The van der Waals surface area contributed by atoms with E-state index in [-0.39, 0.29) is 37.0 Å². The summed E-state index contributed by atoms with van der Waals surface area (Å²) >= 11 is 0. The van der Waals surface area contributed by atoms with Crippen LogP contribution in [0.3, 0.4) is 0 Å². The molecule has 0 N–H and O–H groups in total. The van der Waals surface area contributed by atoms with Crippen molar-refractivity contribution < 1.29 is 41.5 Å². The van der Waals surface area contributed by atoms with Gasteiger partial charge in [0.15, 0.2) is 0 Å². The van der Waals surface area contributed by atoms with Crippen LogP contribution in [0.25, 0.3) is 0 Å². The van der Waals surface area contributed by atoms with Crippen LogP contribution in [0.2, 0.25) is 0 Å². The summed E-state index contributed by atoms with van der Waals surface area (Å²) in [4.78, 5) is 0. The third-order valence-corrected chi connectivity index (χ3v) is 7.07. The maximum absolute atomic E-state index is 8.25. The minimum absolute atomic E-state index is 0. The maximum atomic E-state index is 8.25. The normalized spacial score (nSPS) is 19.3. The molecule has 0 aliphatic heterocycles. The third-order valence-electron chi connectivity index (χ3n) is 7.07. The van der Waals surface area contributed by atoms with E-state index >= 15 is 0 Å². The Labute approximate surface area is 193 Å².